The first kappa shape index (κ1) is 12.2. The van der Waals surface area contributed by atoms with Gasteiger partial charge in [0.1, 0.15) is 0 Å². The highest BCUT2D eigenvalue weighted by atomic mass is 16.4. The molecule has 0 radical (unpaired) electrons. The Morgan fingerprint density at radius 1 is 1.62 bits per heavy atom. The number of carbonyl (C=O) groups is 1. The standard InChI is InChI=1S/C12H14N2O2/c1-8(14)11(12(15)16)6-9-3-2-4-10(5-9)7-13/h2-5,8,11H,6,14H2,1H3,(H,15,16)/t8-,11+/m1/s1. The molecule has 0 saturated carbocycles. The second kappa shape index (κ2) is 5.29. The van der Waals surface area contributed by atoms with E-state index in [4.69, 9.17) is 16.1 Å². The van der Waals surface area contributed by atoms with E-state index in [0.717, 1.165) is 5.56 Å². The molecule has 4 nitrogen and oxygen atoms in total. The average molecular weight is 218 g/mol. The first-order valence-electron chi connectivity index (χ1n) is 5.02. The lowest BCUT2D eigenvalue weighted by Gasteiger charge is -2.16. The summed E-state index contributed by atoms with van der Waals surface area (Å²) in [5.41, 5.74) is 6.97. The lowest BCUT2D eigenvalue weighted by molar-refractivity contribution is -0.142. The lowest BCUT2D eigenvalue weighted by atomic mass is 9.93. The van der Waals surface area contributed by atoms with Crippen LogP contribution in [0.25, 0.3) is 0 Å². The van der Waals surface area contributed by atoms with E-state index in [1.807, 2.05) is 6.07 Å². The third kappa shape index (κ3) is 3.07. The molecule has 3 N–H and O–H groups in total. The molecule has 0 fully saturated rings. The Kier molecular flexibility index (Phi) is 4.03. The van der Waals surface area contributed by atoms with Gasteiger partial charge in [0.05, 0.1) is 17.6 Å². The monoisotopic (exact) mass is 218 g/mol. The van der Waals surface area contributed by atoms with Gasteiger partial charge >= 0.3 is 5.97 Å². The summed E-state index contributed by atoms with van der Waals surface area (Å²) in [5, 5.41) is 17.7. The highest BCUT2D eigenvalue weighted by Gasteiger charge is 2.22. The molecule has 1 aromatic carbocycles. The summed E-state index contributed by atoms with van der Waals surface area (Å²) in [5.74, 6) is -1.52. The van der Waals surface area contributed by atoms with E-state index in [1.165, 1.54) is 0 Å². The summed E-state index contributed by atoms with van der Waals surface area (Å²) in [7, 11) is 0. The molecule has 0 unspecified atom stereocenters. The van der Waals surface area contributed by atoms with Gasteiger partial charge < -0.3 is 10.8 Å². The molecule has 1 aromatic rings. The van der Waals surface area contributed by atoms with Gasteiger partial charge in [-0.15, -0.1) is 0 Å². The molecule has 0 heterocycles. The molecule has 84 valence electrons. The second-order valence-electron chi connectivity index (χ2n) is 3.82. The highest BCUT2D eigenvalue weighted by molar-refractivity contribution is 5.71. The van der Waals surface area contributed by atoms with E-state index in [0.29, 0.717) is 12.0 Å². The fraction of sp³-hybridized carbons (Fsp3) is 0.333. The molecule has 0 saturated heterocycles. The number of aliphatic carboxylic acids is 1. The molecule has 0 aliphatic rings. The normalized spacial score (nSPS) is 13.8. The molecular weight excluding hydrogens is 204 g/mol. The minimum Gasteiger partial charge on any atom is -0.481 e. The molecule has 0 aromatic heterocycles. The summed E-state index contributed by atoms with van der Waals surface area (Å²) in [6.45, 7) is 1.67. The number of hydrogen-bond acceptors (Lipinski definition) is 3. The van der Waals surface area contributed by atoms with Gasteiger partial charge in [0.15, 0.2) is 0 Å². The molecule has 4 heteroatoms. The molecule has 1 rings (SSSR count). The Morgan fingerprint density at radius 2 is 2.31 bits per heavy atom. The third-order valence-corrected chi connectivity index (χ3v) is 2.46. The minimum absolute atomic E-state index is 0.350. The van der Waals surface area contributed by atoms with Crippen molar-refractivity contribution in [1.82, 2.24) is 0 Å². The number of rotatable bonds is 4. The van der Waals surface area contributed by atoms with Gasteiger partial charge in [-0.1, -0.05) is 12.1 Å². The molecule has 0 spiro atoms. The Bertz CT molecular complexity index is 421. The first-order chi connectivity index (χ1) is 7.54. The molecule has 0 amide bonds. The Morgan fingerprint density at radius 3 is 2.81 bits per heavy atom. The van der Waals surface area contributed by atoms with Crippen molar-refractivity contribution in [2.75, 3.05) is 0 Å². The molecule has 0 bridgehead atoms. The first-order valence-corrected chi connectivity index (χ1v) is 5.02. The van der Waals surface area contributed by atoms with E-state index in [1.54, 1.807) is 31.2 Å². The predicted octanol–water partition coefficient (Wildman–Crippen LogP) is 1.15. The summed E-state index contributed by atoms with van der Waals surface area (Å²) in [6.07, 6.45) is 0.350. The smallest absolute Gasteiger partial charge is 0.308 e. The Labute approximate surface area is 94.3 Å². The third-order valence-electron chi connectivity index (χ3n) is 2.46. The van der Waals surface area contributed by atoms with Crippen molar-refractivity contribution in [3.8, 4) is 6.07 Å². The quantitative estimate of drug-likeness (QED) is 0.793. The van der Waals surface area contributed by atoms with Crippen LogP contribution >= 0.6 is 0 Å². The van der Waals surface area contributed by atoms with E-state index in [2.05, 4.69) is 0 Å². The van der Waals surface area contributed by atoms with Crippen LogP contribution in [0.1, 0.15) is 18.1 Å². The maximum Gasteiger partial charge on any atom is 0.308 e. The zero-order valence-corrected chi connectivity index (χ0v) is 9.05. The van der Waals surface area contributed by atoms with Crippen LogP contribution in [0, 0.1) is 17.2 Å². The predicted molar refractivity (Wildman–Crippen MR) is 59.6 cm³/mol. The second-order valence-corrected chi connectivity index (χ2v) is 3.82. The average Bonchev–Trinajstić information content (AvgIpc) is 2.25. The van der Waals surface area contributed by atoms with Gasteiger partial charge in [-0.05, 0) is 31.0 Å². The van der Waals surface area contributed by atoms with Crippen LogP contribution in [-0.2, 0) is 11.2 Å². The number of carboxylic acid groups (broad SMARTS) is 1. The lowest BCUT2D eigenvalue weighted by Crippen LogP contribution is -2.34. The van der Waals surface area contributed by atoms with Crippen molar-refractivity contribution in [1.29, 1.82) is 5.26 Å². The van der Waals surface area contributed by atoms with Crippen molar-refractivity contribution in [3.63, 3.8) is 0 Å². The maximum absolute atomic E-state index is 11.0. The number of nitrogens with zero attached hydrogens (tertiary/aromatic N) is 1. The molecule has 2 atom stereocenters. The van der Waals surface area contributed by atoms with Crippen molar-refractivity contribution >= 4 is 5.97 Å². The number of hydrogen-bond donors (Lipinski definition) is 2. The van der Waals surface area contributed by atoms with Gasteiger partial charge in [0.2, 0.25) is 0 Å². The van der Waals surface area contributed by atoms with E-state index in [-0.39, 0.29) is 0 Å². The van der Waals surface area contributed by atoms with Gasteiger partial charge in [-0.25, -0.2) is 0 Å². The summed E-state index contributed by atoms with van der Waals surface area (Å²) >= 11 is 0. The SMILES string of the molecule is C[C@@H](N)[C@H](Cc1cccc(C#N)c1)C(=O)O. The number of benzene rings is 1. The van der Waals surface area contributed by atoms with Crippen LogP contribution in [0.4, 0.5) is 0 Å². The topological polar surface area (TPSA) is 87.1 Å². The van der Waals surface area contributed by atoms with Gasteiger partial charge in [-0.2, -0.15) is 5.26 Å². The van der Waals surface area contributed by atoms with Crippen molar-refractivity contribution in [2.45, 2.75) is 19.4 Å². The van der Waals surface area contributed by atoms with Crippen LogP contribution in [0.2, 0.25) is 0 Å². The van der Waals surface area contributed by atoms with E-state index >= 15 is 0 Å². The van der Waals surface area contributed by atoms with Crippen molar-refractivity contribution in [2.24, 2.45) is 11.7 Å². The molecule has 0 aliphatic carbocycles. The van der Waals surface area contributed by atoms with E-state index in [9.17, 15) is 4.79 Å². The zero-order valence-electron chi connectivity index (χ0n) is 9.05. The van der Waals surface area contributed by atoms with E-state index < -0.39 is 17.9 Å². The molecular formula is C12H14N2O2. The fourth-order valence-electron chi connectivity index (χ4n) is 1.52. The van der Waals surface area contributed by atoms with Crippen molar-refractivity contribution < 1.29 is 9.90 Å². The summed E-state index contributed by atoms with van der Waals surface area (Å²) in [6, 6.07) is 8.53. The van der Waals surface area contributed by atoms with Crippen LogP contribution in [0.5, 0.6) is 0 Å². The van der Waals surface area contributed by atoms with Gasteiger partial charge in [0, 0.05) is 6.04 Å². The van der Waals surface area contributed by atoms with Crippen LogP contribution in [-0.4, -0.2) is 17.1 Å². The molecule has 16 heavy (non-hydrogen) atoms. The van der Waals surface area contributed by atoms with Crippen LogP contribution in [0.3, 0.4) is 0 Å². The largest absolute Gasteiger partial charge is 0.481 e. The summed E-state index contributed by atoms with van der Waals surface area (Å²) < 4.78 is 0. The van der Waals surface area contributed by atoms with Crippen LogP contribution < -0.4 is 5.73 Å². The zero-order chi connectivity index (χ0) is 12.1. The molecule has 0 aliphatic heterocycles. The number of nitrogens with two attached hydrogens (primary N) is 1. The minimum atomic E-state index is -0.905. The van der Waals surface area contributed by atoms with Gasteiger partial charge in [0.25, 0.3) is 0 Å². The van der Waals surface area contributed by atoms with Crippen molar-refractivity contribution in [3.05, 3.63) is 35.4 Å². The Balaban J connectivity index is 2.86. The highest BCUT2D eigenvalue weighted by Crippen LogP contribution is 2.13. The summed E-state index contributed by atoms with van der Waals surface area (Å²) in [4.78, 5) is 11.0. The maximum atomic E-state index is 11.0. The van der Waals surface area contributed by atoms with Crippen LogP contribution in [0.15, 0.2) is 24.3 Å². The Hall–Kier alpha value is -1.86. The fourth-order valence-corrected chi connectivity index (χ4v) is 1.52. The van der Waals surface area contributed by atoms with Gasteiger partial charge in [-0.3, -0.25) is 4.79 Å². The number of nitriles is 1. The number of carboxylic acids is 1.